The third kappa shape index (κ3) is 17.6. The summed E-state index contributed by atoms with van der Waals surface area (Å²) in [4.78, 5) is 123. The average Bonchev–Trinajstić information content (AvgIpc) is 1.67. The molecule has 4 heterocycles. The topological polar surface area (TPSA) is 346 Å². The minimum Gasteiger partial charge on any atom is -0.495 e. The number of fused-ring (bicyclic) bond motifs is 5. The molecule has 3 fully saturated rings. The number of nitrogens with one attached hydrogen (secondary N) is 6. The summed E-state index contributed by atoms with van der Waals surface area (Å²) in [7, 11) is 5.75. The lowest BCUT2D eigenvalue weighted by molar-refractivity contribution is -0.197. The maximum absolute atomic E-state index is 14.4. The molecule has 3 saturated heterocycles. The Morgan fingerprint density at radius 2 is 1.67 bits per heavy atom. The summed E-state index contributed by atoms with van der Waals surface area (Å²) in [6.07, 6.45) is -0.766. The van der Waals surface area contributed by atoms with Gasteiger partial charge < -0.3 is 70.3 Å². The number of hydrogen-bond acceptors (Lipinski definition) is 18. The number of ether oxygens (including phenoxy) is 6. The summed E-state index contributed by atoms with van der Waals surface area (Å²) >= 11 is 13.6. The zero-order valence-electron chi connectivity index (χ0n) is 48.6. The number of rotatable bonds is 22. The Balaban J connectivity index is 1.16. The van der Waals surface area contributed by atoms with Crippen molar-refractivity contribution in [1.29, 1.82) is 0 Å². The number of allylic oxidation sites excluding steroid dienone is 4. The minimum absolute atomic E-state index is 0.0144. The number of urea groups is 1. The molecule has 9 N–H and O–H groups in total. The van der Waals surface area contributed by atoms with Crippen LogP contribution in [0.3, 0.4) is 0 Å². The zero-order chi connectivity index (χ0) is 62.5. The van der Waals surface area contributed by atoms with Gasteiger partial charge in [0.2, 0.25) is 17.7 Å². The standard InChI is InChI=1S/C57H75Cl2N9O17/c1-30-14-12-17-42(81-9)57(78)29-41(82-55(77)66-57)32(3)50-56(5,84-50)43(28-46(71)67(6)39-25-34(24-30)26-40(80-8)48(39)59)83-54(76)65-37-20-19-35(27-36(37)58)63-51(73)38(16-13-23-61-53(60)75)64-52(74)49(33(4)79-7)62-31(2)15-10-11-18-47(72)85-68-44(69)21-22-45(68)70/h12,14,17,19-20,25-27,32-33,38,41-43,49-50,62,78H,2,10-11,13,15-16,18,21-24,28-29H2,1,3-9H3,(H,63,73)(H,64,74)(H,65,76)(H,66,77)(H3,60,61,75)/b17-12+,30-14+/t32-,33?,38+,41+,42-,43+,49+,50+,56+,57+/m1/s1. The summed E-state index contributed by atoms with van der Waals surface area (Å²) in [6, 6.07) is 4.56. The lowest BCUT2D eigenvalue weighted by Crippen LogP contribution is -2.63. The molecular formula is C57H75Cl2N9O17. The highest BCUT2D eigenvalue weighted by Gasteiger charge is 2.64. The Hall–Kier alpha value is -7.49. The van der Waals surface area contributed by atoms with Crippen LogP contribution in [0.4, 0.5) is 31.4 Å². The molecule has 0 aliphatic carbocycles. The Bertz CT molecular complexity index is 2930. The molecular weight excluding hydrogens is 1150 g/mol. The number of alkyl carbamates (subject to hydrolysis) is 1. The van der Waals surface area contributed by atoms with Crippen molar-refractivity contribution in [1.82, 2.24) is 26.3 Å². The molecule has 464 valence electrons. The number of nitrogens with zero attached hydrogens (tertiary/aromatic N) is 2. The predicted octanol–water partition coefficient (Wildman–Crippen LogP) is 5.57. The first-order chi connectivity index (χ1) is 40.2. The molecule has 6 rings (SSSR count). The average molecular weight is 1230 g/mol. The van der Waals surface area contributed by atoms with Crippen LogP contribution in [0.1, 0.15) is 97.5 Å². The predicted molar refractivity (Wildman–Crippen MR) is 310 cm³/mol. The van der Waals surface area contributed by atoms with Gasteiger partial charge in [0.05, 0.1) is 42.1 Å². The zero-order valence-corrected chi connectivity index (χ0v) is 50.1. The number of unbranched alkanes of at least 4 members (excludes halogenated alkanes) is 1. The number of amides is 9. The second kappa shape index (κ2) is 29.5. The number of carbonyl (C=O) groups excluding carboxylic acids is 9. The Morgan fingerprint density at radius 1 is 0.965 bits per heavy atom. The van der Waals surface area contributed by atoms with E-state index in [-0.39, 0.29) is 66.5 Å². The number of benzene rings is 2. The fourth-order valence-electron chi connectivity index (χ4n) is 10.1. The van der Waals surface area contributed by atoms with Gasteiger partial charge >= 0.3 is 24.2 Å². The highest BCUT2D eigenvalue weighted by Crippen LogP contribution is 2.49. The van der Waals surface area contributed by atoms with Gasteiger partial charge in [-0.05, 0) is 95.2 Å². The monoisotopic (exact) mass is 1230 g/mol. The lowest BCUT2D eigenvalue weighted by atomic mass is 9.83. The summed E-state index contributed by atoms with van der Waals surface area (Å²) in [5, 5.41) is 28.5. The molecule has 4 aliphatic rings. The second-order valence-corrected chi connectivity index (χ2v) is 22.2. The van der Waals surface area contributed by atoms with E-state index in [2.05, 4.69) is 38.5 Å². The van der Waals surface area contributed by atoms with Crippen molar-refractivity contribution in [2.75, 3.05) is 50.5 Å². The molecule has 0 aromatic heterocycles. The fourth-order valence-corrected chi connectivity index (χ4v) is 10.6. The van der Waals surface area contributed by atoms with Crippen molar-refractivity contribution in [2.45, 2.75) is 152 Å². The first kappa shape index (κ1) is 66.6. The molecule has 85 heavy (non-hydrogen) atoms. The van der Waals surface area contributed by atoms with Crippen molar-refractivity contribution in [3.05, 3.63) is 82.0 Å². The molecule has 10 atom stereocenters. The van der Waals surface area contributed by atoms with Crippen LogP contribution in [-0.4, -0.2) is 153 Å². The molecule has 0 saturated carbocycles. The van der Waals surface area contributed by atoms with Gasteiger partial charge in [0.25, 0.3) is 11.8 Å². The van der Waals surface area contributed by atoms with Crippen LogP contribution in [-0.2, 0) is 63.7 Å². The molecule has 4 bridgehead atoms. The summed E-state index contributed by atoms with van der Waals surface area (Å²) in [5.41, 5.74) is 4.46. The highest BCUT2D eigenvalue weighted by atomic mass is 35.5. The molecule has 28 heteroatoms. The van der Waals surface area contributed by atoms with Crippen LogP contribution in [0, 0.1) is 5.92 Å². The molecule has 4 aliphatic heterocycles. The molecule has 0 radical (unpaired) electrons. The van der Waals surface area contributed by atoms with Crippen LogP contribution in [0.2, 0.25) is 10.0 Å². The highest BCUT2D eigenvalue weighted by molar-refractivity contribution is 6.35. The SMILES string of the molecule is C=C(CCCCC(=O)ON1C(=O)CCC1=O)N[C@H](C(=O)N[C@@H](CCCNC(N)=O)C(=O)Nc1ccc(NC(=O)O[C@H]2CC(=O)N(C)c3cc(cc(OC)c3Cl)C/C(C)=C/C=C/[C@@H](OC)[C@@]3(O)C[C@H](OC(=O)N3)[C@@H](C)[C@@H]3O[C@@]23C)c(Cl)c1)C(C)OC. The van der Waals surface area contributed by atoms with Gasteiger partial charge in [-0.25, -0.2) is 19.2 Å². The van der Waals surface area contributed by atoms with E-state index in [0.29, 0.717) is 47.9 Å². The summed E-state index contributed by atoms with van der Waals surface area (Å²) in [6.45, 7) is 11.0. The van der Waals surface area contributed by atoms with Gasteiger partial charge in [-0.1, -0.05) is 60.5 Å². The second-order valence-electron chi connectivity index (χ2n) is 21.4. The van der Waals surface area contributed by atoms with E-state index in [4.69, 9.17) is 62.2 Å². The van der Waals surface area contributed by atoms with Crippen molar-refractivity contribution in [3.8, 4) is 5.75 Å². The van der Waals surface area contributed by atoms with Gasteiger partial charge in [-0.15, -0.1) is 5.06 Å². The number of hydrogen-bond donors (Lipinski definition) is 8. The molecule has 26 nitrogen and oxygen atoms in total. The van der Waals surface area contributed by atoms with Crippen molar-refractivity contribution in [3.63, 3.8) is 0 Å². The van der Waals surface area contributed by atoms with E-state index >= 15 is 0 Å². The van der Waals surface area contributed by atoms with Crippen molar-refractivity contribution >= 4 is 94.0 Å². The van der Waals surface area contributed by atoms with E-state index in [1.54, 1.807) is 45.1 Å². The van der Waals surface area contributed by atoms with Crippen LogP contribution in [0.15, 0.2) is 66.4 Å². The third-order valence-corrected chi connectivity index (χ3v) is 15.8. The number of halogens is 2. The van der Waals surface area contributed by atoms with Gasteiger partial charge in [0.15, 0.2) is 5.72 Å². The number of aliphatic hydroxyl groups is 1. The molecule has 0 spiro atoms. The van der Waals surface area contributed by atoms with E-state index < -0.39 is 120 Å². The Morgan fingerprint density at radius 3 is 2.33 bits per heavy atom. The first-order valence-corrected chi connectivity index (χ1v) is 28.3. The van der Waals surface area contributed by atoms with Gasteiger partial charge in [-0.2, -0.15) is 0 Å². The normalized spacial score (nSPS) is 25.3. The number of anilines is 3. The maximum atomic E-state index is 14.4. The molecule has 2 aromatic rings. The fraction of sp³-hybridized carbons (Fsp3) is 0.526. The number of primary amides is 1. The summed E-state index contributed by atoms with van der Waals surface area (Å²) < 4.78 is 34.8. The molecule has 1 unspecified atom stereocenters. The number of methoxy groups -OCH3 is 3. The van der Waals surface area contributed by atoms with E-state index in [1.807, 2.05) is 13.0 Å². The smallest absolute Gasteiger partial charge is 0.412 e. The van der Waals surface area contributed by atoms with Crippen LogP contribution in [0.5, 0.6) is 5.75 Å². The number of imide groups is 1. The summed E-state index contributed by atoms with van der Waals surface area (Å²) in [5.74, 6) is -4.14. The van der Waals surface area contributed by atoms with Gasteiger partial charge in [0, 0.05) is 70.8 Å². The molecule has 2 aromatic carbocycles. The number of nitrogens with two attached hydrogens (primary N) is 1. The van der Waals surface area contributed by atoms with E-state index in [0.717, 1.165) is 11.1 Å². The Labute approximate surface area is 502 Å². The first-order valence-electron chi connectivity index (χ1n) is 27.5. The van der Waals surface area contributed by atoms with E-state index in [9.17, 15) is 48.3 Å². The molecule has 9 amide bonds. The van der Waals surface area contributed by atoms with Crippen LogP contribution in [0.25, 0.3) is 0 Å². The van der Waals surface area contributed by atoms with Gasteiger partial charge in [0.1, 0.15) is 46.8 Å². The van der Waals surface area contributed by atoms with E-state index in [1.165, 1.54) is 51.5 Å². The minimum atomic E-state index is -1.92. The van der Waals surface area contributed by atoms with Crippen molar-refractivity contribution < 1.29 is 81.5 Å². The quantitative estimate of drug-likeness (QED) is 0.0405. The van der Waals surface area contributed by atoms with Crippen LogP contribution >= 0.6 is 23.2 Å². The third-order valence-electron chi connectivity index (χ3n) is 15.1. The lowest BCUT2D eigenvalue weighted by Gasteiger charge is -2.42. The van der Waals surface area contributed by atoms with Crippen molar-refractivity contribution in [2.24, 2.45) is 11.7 Å². The number of carbonyl (C=O) groups is 9. The maximum Gasteiger partial charge on any atom is 0.412 e. The number of hydroxylamine groups is 2. The Kier molecular flexibility index (Phi) is 23.2. The van der Waals surface area contributed by atoms with Gasteiger partial charge in [-0.3, -0.25) is 34.6 Å². The van der Waals surface area contributed by atoms with Crippen LogP contribution < -0.4 is 47.3 Å². The largest absolute Gasteiger partial charge is 0.495 e. The number of epoxide rings is 1.